The van der Waals surface area contributed by atoms with E-state index < -0.39 is 0 Å². The van der Waals surface area contributed by atoms with Crippen molar-refractivity contribution >= 4 is 12.6 Å². The van der Waals surface area contributed by atoms with Crippen molar-refractivity contribution in [3.8, 4) is 0 Å². The van der Waals surface area contributed by atoms with E-state index in [1.807, 2.05) is 0 Å². The second-order valence-corrected chi connectivity index (χ2v) is 7.48. The van der Waals surface area contributed by atoms with Crippen LogP contribution in [0, 0.1) is 17.3 Å². The predicted molar refractivity (Wildman–Crippen MR) is 72.0 cm³/mol. The van der Waals surface area contributed by atoms with Crippen molar-refractivity contribution in [3.63, 3.8) is 0 Å². The maximum atomic E-state index is 5.27. The predicted octanol–water partition coefficient (Wildman–Crippen LogP) is 3.21. The van der Waals surface area contributed by atoms with E-state index in [1.54, 1.807) is 0 Å². The summed E-state index contributed by atoms with van der Waals surface area (Å²) < 4.78 is 0.383. The fourth-order valence-corrected chi connectivity index (χ4v) is 4.62. The average Bonchev–Trinajstić information content (AvgIpc) is 3.13. The van der Waals surface area contributed by atoms with Crippen LogP contribution in [0.4, 0.5) is 0 Å². The molecule has 0 aromatic heterocycles. The SMILES string of the molecule is CN1CCC(C)(C(S)(C2CC2)C2CC2)CC1. The molecule has 3 fully saturated rings. The van der Waals surface area contributed by atoms with Crippen LogP contribution in [0.1, 0.15) is 45.4 Å². The zero-order valence-corrected chi connectivity index (χ0v) is 11.6. The Labute approximate surface area is 105 Å². The Bertz CT molecular complexity index is 260. The molecule has 2 saturated carbocycles. The van der Waals surface area contributed by atoms with Crippen molar-refractivity contribution < 1.29 is 0 Å². The molecular weight excluding hydrogens is 214 g/mol. The topological polar surface area (TPSA) is 3.24 Å². The summed E-state index contributed by atoms with van der Waals surface area (Å²) >= 11 is 5.27. The van der Waals surface area contributed by atoms with Gasteiger partial charge in [-0.25, -0.2) is 0 Å². The first-order valence-electron chi connectivity index (χ1n) is 6.97. The highest BCUT2D eigenvalue weighted by Gasteiger charge is 2.60. The lowest BCUT2D eigenvalue weighted by Crippen LogP contribution is -2.51. The van der Waals surface area contributed by atoms with E-state index in [-0.39, 0.29) is 0 Å². The number of piperidine rings is 1. The van der Waals surface area contributed by atoms with Crippen LogP contribution >= 0.6 is 12.6 Å². The molecule has 0 spiro atoms. The molecule has 0 N–H and O–H groups in total. The molecule has 1 nitrogen and oxygen atoms in total. The average molecular weight is 239 g/mol. The van der Waals surface area contributed by atoms with Crippen LogP contribution in [0.2, 0.25) is 0 Å². The van der Waals surface area contributed by atoms with Crippen LogP contribution in [-0.2, 0) is 0 Å². The Balaban J connectivity index is 1.82. The summed E-state index contributed by atoms with van der Waals surface area (Å²) in [6, 6.07) is 0. The molecule has 0 aromatic carbocycles. The van der Waals surface area contributed by atoms with E-state index >= 15 is 0 Å². The maximum Gasteiger partial charge on any atom is 0.0240 e. The van der Waals surface area contributed by atoms with Crippen LogP contribution in [0.15, 0.2) is 0 Å². The van der Waals surface area contributed by atoms with Gasteiger partial charge in [0.25, 0.3) is 0 Å². The van der Waals surface area contributed by atoms with E-state index in [4.69, 9.17) is 12.6 Å². The number of likely N-dealkylation sites (tertiary alicyclic amines) is 1. The summed E-state index contributed by atoms with van der Waals surface area (Å²) in [5.74, 6) is 1.88. The third-order valence-corrected chi connectivity index (χ3v) is 6.73. The second kappa shape index (κ2) is 3.65. The first-order valence-corrected chi connectivity index (χ1v) is 7.42. The van der Waals surface area contributed by atoms with Gasteiger partial charge in [0.15, 0.2) is 0 Å². The van der Waals surface area contributed by atoms with Crippen LogP contribution < -0.4 is 0 Å². The summed E-state index contributed by atoms with van der Waals surface area (Å²) in [5.41, 5.74) is 0.505. The molecule has 1 saturated heterocycles. The fourth-order valence-electron chi connectivity index (χ4n) is 3.88. The van der Waals surface area contributed by atoms with E-state index in [0.29, 0.717) is 10.2 Å². The third-order valence-electron chi connectivity index (χ3n) is 5.46. The summed E-state index contributed by atoms with van der Waals surface area (Å²) in [5, 5.41) is 0. The monoisotopic (exact) mass is 239 g/mol. The van der Waals surface area contributed by atoms with Gasteiger partial charge in [-0.1, -0.05) is 6.92 Å². The Hall–Kier alpha value is 0.310. The zero-order valence-electron chi connectivity index (χ0n) is 10.7. The number of hydrogen-bond acceptors (Lipinski definition) is 2. The molecule has 0 radical (unpaired) electrons. The lowest BCUT2D eigenvalue weighted by atomic mass is 9.65. The zero-order chi connectivity index (χ0) is 11.4. The fraction of sp³-hybridized carbons (Fsp3) is 1.00. The molecular formula is C14H25NS. The molecule has 0 atom stereocenters. The third kappa shape index (κ3) is 1.64. The Morgan fingerprint density at radius 1 is 1.06 bits per heavy atom. The molecule has 92 valence electrons. The first-order chi connectivity index (χ1) is 7.56. The molecule has 0 bridgehead atoms. The van der Waals surface area contributed by atoms with Crippen molar-refractivity contribution in [1.82, 2.24) is 4.90 Å². The smallest absolute Gasteiger partial charge is 0.0240 e. The minimum absolute atomic E-state index is 0.383. The molecule has 2 heteroatoms. The van der Waals surface area contributed by atoms with Gasteiger partial charge in [0.2, 0.25) is 0 Å². The summed E-state index contributed by atoms with van der Waals surface area (Å²) in [6.07, 6.45) is 8.52. The van der Waals surface area contributed by atoms with Gasteiger partial charge in [0.1, 0.15) is 0 Å². The summed E-state index contributed by atoms with van der Waals surface area (Å²) in [4.78, 5) is 2.48. The lowest BCUT2D eigenvalue weighted by molar-refractivity contribution is 0.0755. The maximum absolute atomic E-state index is 5.27. The Morgan fingerprint density at radius 3 is 1.88 bits per heavy atom. The van der Waals surface area contributed by atoms with Crippen molar-refractivity contribution in [2.45, 2.75) is 50.2 Å². The molecule has 3 rings (SSSR count). The van der Waals surface area contributed by atoms with E-state index in [9.17, 15) is 0 Å². The minimum Gasteiger partial charge on any atom is -0.306 e. The quantitative estimate of drug-likeness (QED) is 0.740. The summed E-state index contributed by atoms with van der Waals surface area (Å²) in [6.45, 7) is 5.08. The van der Waals surface area contributed by atoms with Crippen molar-refractivity contribution in [2.75, 3.05) is 20.1 Å². The Kier molecular flexibility index (Phi) is 2.60. The lowest BCUT2D eigenvalue weighted by Gasteiger charge is -2.51. The molecule has 0 aromatic rings. The number of rotatable bonds is 3. The first kappa shape index (κ1) is 11.4. The number of nitrogens with zero attached hydrogens (tertiary/aromatic N) is 1. The van der Waals surface area contributed by atoms with Gasteiger partial charge >= 0.3 is 0 Å². The van der Waals surface area contributed by atoms with Crippen molar-refractivity contribution in [3.05, 3.63) is 0 Å². The molecule has 16 heavy (non-hydrogen) atoms. The van der Waals surface area contributed by atoms with E-state index in [1.165, 1.54) is 51.6 Å². The van der Waals surface area contributed by atoms with Crippen LogP contribution in [0.25, 0.3) is 0 Å². The van der Waals surface area contributed by atoms with Gasteiger partial charge in [-0.05, 0) is 75.9 Å². The largest absolute Gasteiger partial charge is 0.306 e. The van der Waals surface area contributed by atoms with Gasteiger partial charge in [-0.15, -0.1) is 0 Å². The van der Waals surface area contributed by atoms with E-state index in [0.717, 1.165) is 11.8 Å². The van der Waals surface area contributed by atoms with Crippen LogP contribution in [0.3, 0.4) is 0 Å². The summed E-state index contributed by atoms with van der Waals surface area (Å²) in [7, 11) is 2.26. The second-order valence-electron chi connectivity index (χ2n) is 6.74. The van der Waals surface area contributed by atoms with Gasteiger partial charge in [-0.3, -0.25) is 0 Å². The molecule has 3 aliphatic rings. The minimum atomic E-state index is 0.383. The molecule has 0 amide bonds. The van der Waals surface area contributed by atoms with Crippen molar-refractivity contribution in [1.29, 1.82) is 0 Å². The molecule has 2 aliphatic carbocycles. The number of hydrogen-bond donors (Lipinski definition) is 1. The standard InChI is InChI=1S/C14H25NS/c1-13(7-9-15(2)10-8-13)14(16,11-3-4-11)12-5-6-12/h11-12,16H,3-10H2,1-2H3. The van der Waals surface area contributed by atoms with Gasteiger partial charge in [0, 0.05) is 4.75 Å². The highest BCUT2D eigenvalue weighted by molar-refractivity contribution is 7.82. The number of thiol groups is 1. The highest BCUT2D eigenvalue weighted by atomic mass is 32.1. The van der Waals surface area contributed by atoms with Gasteiger partial charge < -0.3 is 4.90 Å². The van der Waals surface area contributed by atoms with Gasteiger partial charge in [0.05, 0.1) is 0 Å². The van der Waals surface area contributed by atoms with Crippen LogP contribution in [0.5, 0.6) is 0 Å². The molecule has 1 aliphatic heterocycles. The normalized spacial score (nSPS) is 31.7. The Morgan fingerprint density at radius 2 is 1.50 bits per heavy atom. The van der Waals surface area contributed by atoms with Crippen LogP contribution in [-0.4, -0.2) is 29.8 Å². The molecule has 1 heterocycles. The van der Waals surface area contributed by atoms with Crippen molar-refractivity contribution in [2.24, 2.45) is 17.3 Å². The molecule has 0 unspecified atom stereocenters. The van der Waals surface area contributed by atoms with E-state index in [2.05, 4.69) is 18.9 Å². The van der Waals surface area contributed by atoms with Gasteiger partial charge in [-0.2, -0.15) is 12.6 Å². The highest BCUT2D eigenvalue weighted by Crippen LogP contribution is 2.65.